The van der Waals surface area contributed by atoms with Gasteiger partial charge in [0.05, 0.1) is 7.11 Å². The normalized spacial score (nSPS) is 10.5. The van der Waals surface area contributed by atoms with Crippen LogP contribution in [0, 0.1) is 6.92 Å². The summed E-state index contributed by atoms with van der Waals surface area (Å²) in [6, 6.07) is 14.2. The van der Waals surface area contributed by atoms with Gasteiger partial charge in [0, 0.05) is 44.3 Å². The van der Waals surface area contributed by atoms with Gasteiger partial charge in [0.2, 0.25) is 5.95 Å². The molecule has 1 N–H and O–H groups in total. The smallest absolute Gasteiger partial charge is 0.227 e. The van der Waals surface area contributed by atoms with E-state index in [1.165, 1.54) is 11.1 Å². The number of anilines is 2. The zero-order chi connectivity index (χ0) is 19.8. The van der Waals surface area contributed by atoms with Crippen LogP contribution in [-0.4, -0.2) is 42.2 Å². The molecule has 0 atom stereocenters. The van der Waals surface area contributed by atoms with Crippen molar-refractivity contribution in [3.63, 3.8) is 0 Å². The molecule has 0 spiro atoms. The van der Waals surface area contributed by atoms with Crippen molar-refractivity contribution in [1.82, 2.24) is 15.0 Å². The van der Waals surface area contributed by atoms with E-state index in [-0.39, 0.29) is 0 Å². The highest BCUT2D eigenvalue weighted by Crippen LogP contribution is 2.15. The molecule has 3 rings (SSSR count). The lowest BCUT2D eigenvalue weighted by Gasteiger charge is -2.18. The molecule has 0 aliphatic heterocycles. The molecule has 146 valence electrons. The summed E-state index contributed by atoms with van der Waals surface area (Å²) >= 11 is 0. The van der Waals surface area contributed by atoms with E-state index in [9.17, 15) is 0 Å². The second-order valence-electron chi connectivity index (χ2n) is 6.75. The lowest BCUT2D eigenvalue weighted by Crippen LogP contribution is -2.23. The van der Waals surface area contributed by atoms with Crippen LogP contribution in [0.15, 0.2) is 54.9 Å². The average molecular weight is 377 g/mol. The van der Waals surface area contributed by atoms with E-state index in [1.54, 1.807) is 7.11 Å². The number of aromatic nitrogens is 3. The largest absolute Gasteiger partial charge is 0.497 e. The number of rotatable bonds is 9. The first kappa shape index (κ1) is 19.6. The maximum atomic E-state index is 5.20. The Morgan fingerprint density at radius 3 is 2.39 bits per heavy atom. The van der Waals surface area contributed by atoms with Gasteiger partial charge in [-0.25, -0.2) is 4.98 Å². The van der Waals surface area contributed by atoms with Crippen molar-refractivity contribution in [2.45, 2.75) is 19.8 Å². The minimum Gasteiger partial charge on any atom is -0.497 e. The molecule has 6 nitrogen and oxygen atoms in total. The molecular weight excluding hydrogens is 350 g/mol. The molecule has 0 unspecified atom stereocenters. The van der Waals surface area contributed by atoms with Crippen molar-refractivity contribution < 1.29 is 4.74 Å². The van der Waals surface area contributed by atoms with Crippen LogP contribution in [0.2, 0.25) is 0 Å². The van der Waals surface area contributed by atoms with Crippen LogP contribution in [0.1, 0.15) is 16.8 Å². The van der Waals surface area contributed by atoms with Crippen LogP contribution in [0.4, 0.5) is 11.8 Å². The second kappa shape index (κ2) is 9.69. The van der Waals surface area contributed by atoms with Gasteiger partial charge in [0.1, 0.15) is 11.6 Å². The van der Waals surface area contributed by atoms with Gasteiger partial charge < -0.3 is 15.0 Å². The zero-order valence-corrected chi connectivity index (χ0v) is 16.7. The Morgan fingerprint density at radius 2 is 1.68 bits per heavy atom. The number of likely N-dealkylation sites (N-methyl/N-ethyl adjacent to an activating group) is 1. The summed E-state index contributed by atoms with van der Waals surface area (Å²) in [7, 11) is 3.71. The molecule has 6 heteroatoms. The predicted molar refractivity (Wildman–Crippen MR) is 113 cm³/mol. The van der Waals surface area contributed by atoms with Gasteiger partial charge in [-0.15, -0.1) is 0 Å². The summed E-state index contributed by atoms with van der Waals surface area (Å²) in [5.74, 6) is 2.47. The van der Waals surface area contributed by atoms with Gasteiger partial charge in [-0.3, -0.25) is 4.98 Å². The Bertz CT molecular complexity index is 868. The Balaban J connectivity index is 1.55. The standard InChI is InChI=1S/C22H27N5O/c1-17-16-21(24-14-10-18-4-6-20(28-3)7-5-18)26-22(25-17)27(2)15-11-19-8-12-23-13-9-19/h4-9,12-13,16H,10-11,14-15H2,1-3H3,(H,24,25,26). The average Bonchev–Trinajstić information content (AvgIpc) is 2.73. The van der Waals surface area contributed by atoms with E-state index in [1.807, 2.05) is 56.7 Å². The van der Waals surface area contributed by atoms with Gasteiger partial charge in [0.15, 0.2) is 0 Å². The van der Waals surface area contributed by atoms with E-state index in [0.717, 1.165) is 49.1 Å². The first-order valence-electron chi connectivity index (χ1n) is 9.46. The van der Waals surface area contributed by atoms with Crippen LogP contribution in [0.25, 0.3) is 0 Å². The number of aryl methyl sites for hydroxylation is 1. The molecule has 0 aliphatic rings. The minimum atomic E-state index is 0.737. The topological polar surface area (TPSA) is 63.2 Å². The van der Waals surface area contributed by atoms with Crippen molar-refractivity contribution in [3.8, 4) is 5.75 Å². The maximum absolute atomic E-state index is 5.20. The first-order valence-corrected chi connectivity index (χ1v) is 9.46. The highest BCUT2D eigenvalue weighted by molar-refractivity contribution is 5.43. The fourth-order valence-electron chi connectivity index (χ4n) is 2.89. The minimum absolute atomic E-state index is 0.737. The Hall–Kier alpha value is -3.15. The third-order valence-electron chi connectivity index (χ3n) is 4.55. The molecule has 0 saturated carbocycles. The quantitative estimate of drug-likeness (QED) is 0.616. The van der Waals surface area contributed by atoms with Gasteiger partial charge in [0.25, 0.3) is 0 Å². The summed E-state index contributed by atoms with van der Waals surface area (Å²) in [5.41, 5.74) is 3.47. The lowest BCUT2D eigenvalue weighted by atomic mass is 10.1. The molecule has 3 aromatic rings. The van der Waals surface area contributed by atoms with Crippen molar-refractivity contribution in [1.29, 1.82) is 0 Å². The third-order valence-corrected chi connectivity index (χ3v) is 4.55. The number of hydrogen-bond acceptors (Lipinski definition) is 6. The van der Waals surface area contributed by atoms with Crippen LogP contribution >= 0.6 is 0 Å². The summed E-state index contributed by atoms with van der Waals surface area (Å²) in [6.45, 7) is 3.65. The van der Waals surface area contributed by atoms with E-state index < -0.39 is 0 Å². The molecule has 2 aromatic heterocycles. The summed E-state index contributed by atoms with van der Waals surface area (Å²) in [5, 5.41) is 3.41. The van der Waals surface area contributed by atoms with Gasteiger partial charge in [-0.1, -0.05) is 12.1 Å². The molecule has 0 radical (unpaired) electrons. The lowest BCUT2D eigenvalue weighted by molar-refractivity contribution is 0.414. The molecule has 28 heavy (non-hydrogen) atoms. The van der Waals surface area contributed by atoms with Crippen LogP contribution < -0.4 is 15.0 Å². The van der Waals surface area contributed by atoms with E-state index >= 15 is 0 Å². The van der Waals surface area contributed by atoms with E-state index in [2.05, 4.69) is 37.3 Å². The highest BCUT2D eigenvalue weighted by atomic mass is 16.5. The molecular formula is C22H27N5O. The predicted octanol–water partition coefficient (Wildman–Crippen LogP) is 3.52. The van der Waals surface area contributed by atoms with Crippen molar-refractivity contribution in [2.75, 3.05) is 37.5 Å². The molecule has 0 amide bonds. The zero-order valence-electron chi connectivity index (χ0n) is 16.7. The highest BCUT2D eigenvalue weighted by Gasteiger charge is 2.08. The fourth-order valence-corrected chi connectivity index (χ4v) is 2.89. The molecule has 0 bridgehead atoms. The molecule has 1 aromatic carbocycles. The van der Waals surface area contributed by atoms with E-state index in [4.69, 9.17) is 4.74 Å². The first-order chi connectivity index (χ1) is 13.6. The SMILES string of the molecule is COc1ccc(CCNc2cc(C)nc(N(C)CCc3ccncc3)n2)cc1. The molecule has 0 saturated heterocycles. The Kier molecular flexibility index (Phi) is 6.78. The number of benzene rings is 1. The van der Waals surface area contributed by atoms with Crippen molar-refractivity contribution in [2.24, 2.45) is 0 Å². The van der Waals surface area contributed by atoms with Gasteiger partial charge >= 0.3 is 0 Å². The monoisotopic (exact) mass is 377 g/mol. The maximum Gasteiger partial charge on any atom is 0.227 e. The van der Waals surface area contributed by atoms with E-state index in [0.29, 0.717) is 0 Å². The van der Waals surface area contributed by atoms with Crippen molar-refractivity contribution in [3.05, 3.63) is 71.7 Å². The number of ether oxygens (including phenoxy) is 1. The summed E-state index contributed by atoms with van der Waals surface area (Å²) < 4.78 is 5.20. The molecule has 0 aliphatic carbocycles. The summed E-state index contributed by atoms with van der Waals surface area (Å²) in [6.07, 6.45) is 5.49. The number of nitrogens with one attached hydrogen (secondary N) is 1. The number of pyridine rings is 1. The Labute approximate surface area is 166 Å². The van der Waals surface area contributed by atoms with Crippen LogP contribution in [-0.2, 0) is 12.8 Å². The van der Waals surface area contributed by atoms with Gasteiger partial charge in [-0.2, -0.15) is 4.98 Å². The number of nitrogens with zero attached hydrogens (tertiary/aromatic N) is 4. The summed E-state index contributed by atoms with van der Waals surface area (Å²) in [4.78, 5) is 15.4. The number of methoxy groups -OCH3 is 1. The van der Waals surface area contributed by atoms with Gasteiger partial charge in [-0.05, 0) is 55.2 Å². The van der Waals surface area contributed by atoms with Crippen LogP contribution in [0.5, 0.6) is 5.75 Å². The molecule has 2 heterocycles. The molecule has 0 fully saturated rings. The second-order valence-corrected chi connectivity index (χ2v) is 6.75. The Morgan fingerprint density at radius 1 is 0.964 bits per heavy atom. The van der Waals surface area contributed by atoms with Crippen molar-refractivity contribution >= 4 is 11.8 Å². The fraction of sp³-hybridized carbons (Fsp3) is 0.318. The number of hydrogen-bond donors (Lipinski definition) is 1. The van der Waals surface area contributed by atoms with Crippen LogP contribution in [0.3, 0.4) is 0 Å². The third kappa shape index (κ3) is 5.67.